The van der Waals surface area contributed by atoms with Gasteiger partial charge in [-0.2, -0.15) is 0 Å². The van der Waals surface area contributed by atoms with Crippen LogP contribution in [0.2, 0.25) is 0 Å². The standard InChI is InChI=1S/C15H15N3O3/c1-9-6-7-10(16)12(8-9)18-15(21)14(20)17-11-4-2-3-5-13(11)19/h2-8,19H,16H2,1H3,(H,17,20)(H,18,21). The zero-order valence-corrected chi connectivity index (χ0v) is 11.4. The first-order valence-electron chi connectivity index (χ1n) is 6.24. The van der Waals surface area contributed by atoms with Crippen LogP contribution in [0.4, 0.5) is 17.1 Å². The largest absolute Gasteiger partial charge is 0.506 e. The number of phenolic OH excluding ortho intramolecular Hbond substituents is 1. The molecule has 6 heteroatoms. The minimum Gasteiger partial charge on any atom is -0.506 e. The van der Waals surface area contributed by atoms with Gasteiger partial charge in [0.15, 0.2) is 0 Å². The van der Waals surface area contributed by atoms with Crippen LogP contribution in [0.15, 0.2) is 42.5 Å². The lowest BCUT2D eigenvalue weighted by Crippen LogP contribution is -2.29. The van der Waals surface area contributed by atoms with Crippen LogP contribution in [0.1, 0.15) is 5.56 Å². The van der Waals surface area contributed by atoms with E-state index in [0.29, 0.717) is 11.4 Å². The monoisotopic (exact) mass is 285 g/mol. The van der Waals surface area contributed by atoms with Crippen molar-refractivity contribution in [2.45, 2.75) is 6.92 Å². The van der Waals surface area contributed by atoms with Crippen molar-refractivity contribution in [1.29, 1.82) is 0 Å². The number of carbonyl (C=O) groups is 2. The lowest BCUT2D eigenvalue weighted by atomic mass is 10.2. The Hall–Kier alpha value is -3.02. The maximum Gasteiger partial charge on any atom is 0.314 e. The molecule has 2 rings (SSSR count). The highest BCUT2D eigenvalue weighted by atomic mass is 16.3. The van der Waals surface area contributed by atoms with Gasteiger partial charge in [-0.15, -0.1) is 0 Å². The number of para-hydroxylation sites is 2. The van der Waals surface area contributed by atoms with Crippen LogP contribution in [0.25, 0.3) is 0 Å². The zero-order valence-electron chi connectivity index (χ0n) is 11.4. The van der Waals surface area contributed by atoms with Gasteiger partial charge < -0.3 is 21.5 Å². The molecule has 5 N–H and O–H groups in total. The van der Waals surface area contributed by atoms with E-state index in [1.54, 1.807) is 30.3 Å². The molecule has 2 aromatic rings. The molecule has 0 aliphatic rings. The van der Waals surface area contributed by atoms with Gasteiger partial charge in [-0.05, 0) is 36.8 Å². The number of benzene rings is 2. The Balaban J connectivity index is 2.08. The highest BCUT2D eigenvalue weighted by Gasteiger charge is 2.16. The molecule has 0 radical (unpaired) electrons. The molecule has 2 amide bonds. The topological polar surface area (TPSA) is 104 Å². The molecule has 21 heavy (non-hydrogen) atoms. The first-order valence-corrected chi connectivity index (χ1v) is 6.24. The van der Waals surface area contributed by atoms with Crippen LogP contribution < -0.4 is 16.4 Å². The van der Waals surface area contributed by atoms with Crippen LogP contribution in [-0.4, -0.2) is 16.9 Å². The van der Waals surface area contributed by atoms with Crippen LogP contribution in [-0.2, 0) is 9.59 Å². The van der Waals surface area contributed by atoms with E-state index >= 15 is 0 Å². The second kappa shape index (κ2) is 5.96. The van der Waals surface area contributed by atoms with Gasteiger partial charge in [0.25, 0.3) is 0 Å². The molecule has 0 saturated carbocycles. The van der Waals surface area contributed by atoms with Crippen LogP contribution in [0, 0.1) is 6.92 Å². The fraction of sp³-hybridized carbons (Fsp3) is 0.0667. The summed E-state index contributed by atoms with van der Waals surface area (Å²) in [4.78, 5) is 23.6. The van der Waals surface area contributed by atoms with Crippen molar-refractivity contribution in [2.75, 3.05) is 16.4 Å². The Morgan fingerprint density at radius 3 is 2.29 bits per heavy atom. The number of rotatable bonds is 2. The first-order chi connectivity index (χ1) is 9.97. The zero-order chi connectivity index (χ0) is 15.4. The van der Waals surface area contributed by atoms with Gasteiger partial charge in [0, 0.05) is 0 Å². The molecular formula is C15H15N3O3. The highest BCUT2D eigenvalue weighted by molar-refractivity contribution is 6.44. The van der Waals surface area contributed by atoms with Crippen molar-refractivity contribution >= 4 is 28.9 Å². The van der Waals surface area contributed by atoms with Crippen molar-refractivity contribution in [3.8, 4) is 5.75 Å². The van der Waals surface area contributed by atoms with Gasteiger partial charge in [-0.1, -0.05) is 18.2 Å². The minimum atomic E-state index is -0.891. The van der Waals surface area contributed by atoms with Gasteiger partial charge in [0.2, 0.25) is 0 Å². The summed E-state index contributed by atoms with van der Waals surface area (Å²) >= 11 is 0. The van der Waals surface area contributed by atoms with E-state index in [9.17, 15) is 14.7 Å². The second-order valence-corrected chi connectivity index (χ2v) is 4.52. The van der Waals surface area contributed by atoms with Gasteiger partial charge in [0.05, 0.1) is 17.1 Å². The van der Waals surface area contributed by atoms with E-state index in [2.05, 4.69) is 10.6 Å². The lowest BCUT2D eigenvalue weighted by molar-refractivity contribution is -0.133. The van der Waals surface area contributed by atoms with E-state index < -0.39 is 11.8 Å². The van der Waals surface area contributed by atoms with Gasteiger partial charge in [-0.3, -0.25) is 9.59 Å². The van der Waals surface area contributed by atoms with E-state index in [4.69, 9.17) is 5.73 Å². The number of carbonyl (C=O) groups excluding carboxylic acids is 2. The smallest absolute Gasteiger partial charge is 0.314 e. The van der Waals surface area contributed by atoms with Crippen LogP contribution in [0.3, 0.4) is 0 Å². The quantitative estimate of drug-likeness (QED) is 0.384. The number of amides is 2. The highest BCUT2D eigenvalue weighted by Crippen LogP contribution is 2.22. The Morgan fingerprint density at radius 1 is 1.00 bits per heavy atom. The lowest BCUT2D eigenvalue weighted by Gasteiger charge is -2.10. The number of hydrogen-bond donors (Lipinski definition) is 4. The molecule has 0 heterocycles. The van der Waals surface area contributed by atoms with E-state index in [1.165, 1.54) is 12.1 Å². The average Bonchev–Trinajstić information content (AvgIpc) is 2.45. The van der Waals surface area contributed by atoms with Gasteiger partial charge in [0.1, 0.15) is 5.75 Å². The first kappa shape index (κ1) is 14.4. The summed E-state index contributed by atoms with van der Waals surface area (Å²) in [6.45, 7) is 1.84. The van der Waals surface area contributed by atoms with Crippen LogP contribution in [0.5, 0.6) is 5.75 Å². The maximum atomic E-state index is 11.8. The molecule has 0 saturated heterocycles. The average molecular weight is 285 g/mol. The molecule has 0 fully saturated rings. The third-order valence-corrected chi connectivity index (χ3v) is 2.82. The summed E-state index contributed by atoms with van der Waals surface area (Å²) in [5.41, 5.74) is 7.53. The number of anilines is 3. The number of nitrogens with two attached hydrogens (primary N) is 1. The number of hydrogen-bond acceptors (Lipinski definition) is 4. The van der Waals surface area contributed by atoms with Crippen molar-refractivity contribution in [2.24, 2.45) is 0 Å². The predicted molar refractivity (Wildman–Crippen MR) is 81.0 cm³/mol. The number of phenols is 1. The van der Waals surface area contributed by atoms with Gasteiger partial charge in [-0.25, -0.2) is 0 Å². The Labute approximate surface area is 121 Å². The molecule has 0 atom stereocenters. The molecule has 0 bridgehead atoms. The molecular weight excluding hydrogens is 270 g/mol. The van der Waals surface area contributed by atoms with Crippen molar-refractivity contribution in [3.63, 3.8) is 0 Å². The van der Waals surface area contributed by atoms with Crippen molar-refractivity contribution in [1.82, 2.24) is 0 Å². The Bertz CT molecular complexity index is 698. The summed E-state index contributed by atoms with van der Waals surface area (Å²) in [5.74, 6) is -1.87. The fourth-order valence-electron chi connectivity index (χ4n) is 1.72. The molecule has 0 aromatic heterocycles. The van der Waals surface area contributed by atoms with Crippen molar-refractivity contribution in [3.05, 3.63) is 48.0 Å². The second-order valence-electron chi connectivity index (χ2n) is 4.52. The number of aromatic hydroxyl groups is 1. The van der Waals surface area contributed by atoms with Crippen LogP contribution >= 0.6 is 0 Å². The minimum absolute atomic E-state index is 0.117. The summed E-state index contributed by atoms with van der Waals surface area (Å²) < 4.78 is 0. The summed E-state index contributed by atoms with van der Waals surface area (Å²) in [7, 11) is 0. The summed E-state index contributed by atoms with van der Waals surface area (Å²) in [6, 6.07) is 11.2. The fourth-order valence-corrected chi connectivity index (χ4v) is 1.72. The molecule has 2 aromatic carbocycles. The Kier molecular flexibility index (Phi) is 4.08. The van der Waals surface area contributed by atoms with Crippen molar-refractivity contribution < 1.29 is 14.7 Å². The van der Waals surface area contributed by atoms with E-state index in [1.807, 2.05) is 6.92 Å². The molecule has 0 aliphatic heterocycles. The molecule has 6 nitrogen and oxygen atoms in total. The summed E-state index contributed by atoms with van der Waals surface area (Å²) in [6.07, 6.45) is 0. The molecule has 0 unspecified atom stereocenters. The number of nitrogens with one attached hydrogen (secondary N) is 2. The molecule has 108 valence electrons. The number of nitrogen functional groups attached to an aromatic ring is 1. The molecule has 0 aliphatic carbocycles. The third kappa shape index (κ3) is 3.50. The summed E-state index contributed by atoms with van der Waals surface area (Å²) in [5, 5.41) is 14.3. The maximum absolute atomic E-state index is 11.8. The SMILES string of the molecule is Cc1ccc(N)c(NC(=O)C(=O)Nc2ccccc2O)c1. The van der Waals surface area contributed by atoms with Gasteiger partial charge >= 0.3 is 11.8 Å². The Morgan fingerprint density at radius 2 is 1.62 bits per heavy atom. The molecule has 0 spiro atoms. The number of aryl methyl sites for hydroxylation is 1. The predicted octanol–water partition coefficient (Wildman–Crippen LogP) is 1.86. The van der Waals surface area contributed by atoms with E-state index in [-0.39, 0.29) is 11.4 Å². The normalized spacial score (nSPS) is 9.95. The van der Waals surface area contributed by atoms with E-state index in [0.717, 1.165) is 5.56 Å². The third-order valence-electron chi connectivity index (χ3n) is 2.82.